The molecule has 1 rings (SSSR count). The first kappa shape index (κ1) is 74.6. The number of carbonyl (C=O) groups is 2. The van der Waals surface area contributed by atoms with Crippen molar-refractivity contribution in [2.24, 2.45) is 0 Å². The standard InChI is InChI=1S/C68H125NO10/c1-3-5-7-9-11-13-15-31-35-38-42-46-50-54-61(71)60(59-78-68-67(76)66(75)65(74)62(58-70)79-68)69-63(72)55-51-47-43-39-36-32-29-27-25-23-21-19-17-16-18-20-22-24-26-28-30-33-37-41-45-49-53-57-77-64(73)56-52-48-44-40-34-14-12-10-8-6-4-2/h11,13,16-17,35,38,50,54,60-62,65-68,70-71,74-76H,3-10,12,14-15,18-34,36-37,39-49,51-53,55-59H2,1-2H3,(H,69,72)/b13-11+,17-16-,38-35+,54-50+. The van der Waals surface area contributed by atoms with Crippen molar-refractivity contribution in [1.29, 1.82) is 0 Å². The van der Waals surface area contributed by atoms with E-state index < -0.39 is 49.5 Å². The number of esters is 1. The van der Waals surface area contributed by atoms with Gasteiger partial charge < -0.3 is 45.1 Å². The highest BCUT2D eigenvalue weighted by molar-refractivity contribution is 5.76. The highest BCUT2D eigenvalue weighted by Crippen LogP contribution is 2.23. The van der Waals surface area contributed by atoms with Gasteiger partial charge in [-0.3, -0.25) is 9.59 Å². The molecule has 0 aliphatic carbocycles. The van der Waals surface area contributed by atoms with Crippen LogP contribution in [0.1, 0.15) is 309 Å². The van der Waals surface area contributed by atoms with E-state index in [9.17, 15) is 35.1 Å². The Labute approximate surface area is 485 Å². The molecule has 11 nitrogen and oxygen atoms in total. The van der Waals surface area contributed by atoms with Crippen LogP contribution in [0.2, 0.25) is 0 Å². The van der Waals surface area contributed by atoms with E-state index in [-0.39, 0.29) is 18.5 Å². The fourth-order valence-electron chi connectivity index (χ4n) is 10.3. The molecular formula is C68H125NO10. The second kappa shape index (κ2) is 57.4. The summed E-state index contributed by atoms with van der Waals surface area (Å²) in [5.41, 5.74) is 0. The third-order valence-corrected chi connectivity index (χ3v) is 15.6. The van der Waals surface area contributed by atoms with Crippen LogP contribution in [0.5, 0.6) is 0 Å². The van der Waals surface area contributed by atoms with Gasteiger partial charge in [-0.25, -0.2) is 0 Å². The summed E-state index contributed by atoms with van der Waals surface area (Å²) in [4.78, 5) is 25.1. The summed E-state index contributed by atoms with van der Waals surface area (Å²) in [7, 11) is 0. The quantitative estimate of drug-likeness (QED) is 0.0195. The lowest BCUT2D eigenvalue weighted by molar-refractivity contribution is -0.302. The van der Waals surface area contributed by atoms with E-state index in [2.05, 4.69) is 55.6 Å². The first-order chi connectivity index (χ1) is 38.7. The van der Waals surface area contributed by atoms with E-state index in [1.54, 1.807) is 6.08 Å². The topological polar surface area (TPSA) is 175 Å². The Bertz CT molecular complexity index is 1450. The van der Waals surface area contributed by atoms with Crippen LogP contribution in [0.15, 0.2) is 48.6 Å². The van der Waals surface area contributed by atoms with Crippen molar-refractivity contribution >= 4 is 11.9 Å². The van der Waals surface area contributed by atoms with Crippen LogP contribution in [-0.4, -0.2) is 100 Å². The molecule has 0 radical (unpaired) electrons. The normalized spacial score (nSPS) is 18.7. The van der Waals surface area contributed by atoms with Crippen LogP contribution in [0.3, 0.4) is 0 Å². The van der Waals surface area contributed by atoms with Gasteiger partial charge in [0.05, 0.1) is 32.0 Å². The number of hydrogen-bond donors (Lipinski definition) is 6. The Hall–Kier alpha value is -2.38. The predicted octanol–water partition coefficient (Wildman–Crippen LogP) is 16.4. The molecule has 0 aromatic heterocycles. The van der Waals surface area contributed by atoms with E-state index in [1.807, 2.05) is 6.08 Å². The van der Waals surface area contributed by atoms with Gasteiger partial charge in [0.2, 0.25) is 5.91 Å². The summed E-state index contributed by atoms with van der Waals surface area (Å²) in [6.45, 7) is 4.30. The minimum Gasteiger partial charge on any atom is -0.466 e. The molecule has 7 unspecified atom stereocenters. The average Bonchev–Trinajstić information content (AvgIpc) is 3.49. The number of nitrogens with one attached hydrogen (secondary N) is 1. The molecule has 79 heavy (non-hydrogen) atoms. The number of ether oxygens (including phenoxy) is 3. The van der Waals surface area contributed by atoms with Crippen molar-refractivity contribution < 1.29 is 49.3 Å². The first-order valence-electron chi connectivity index (χ1n) is 33.4. The second-order valence-electron chi connectivity index (χ2n) is 23.2. The van der Waals surface area contributed by atoms with Crippen molar-refractivity contribution in [2.45, 2.75) is 352 Å². The van der Waals surface area contributed by atoms with Gasteiger partial charge in [-0.2, -0.15) is 0 Å². The summed E-state index contributed by atoms with van der Waals surface area (Å²) in [5.74, 6) is -0.193. The van der Waals surface area contributed by atoms with Crippen LogP contribution in [0.25, 0.3) is 0 Å². The maximum absolute atomic E-state index is 13.0. The van der Waals surface area contributed by atoms with Crippen molar-refractivity contribution in [3.05, 3.63) is 48.6 Å². The maximum Gasteiger partial charge on any atom is 0.305 e. The molecule has 1 aliphatic rings. The molecule has 462 valence electrons. The van der Waals surface area contributed by atoms with Crippen molar-refractivity contribution in [1.82, 2.24) is 5.32 Å². The molecule has 0 aromatic rings. The second-order valence-corrected chi connectivity index (χ2v) is 23.2. The summed E-state index contributed by atoms with van der Waals surface area (Å²) < 4.78 is 16.7. The Morgan fingerprint density at radius 2 is 0.823 bits per heavy atom. The molecule has 1 saturated heterocycles. The first-order valence-corrected chi connectivity index (χ1v) is 33.4. The number of amides is 1. The molecular weight excluding hydrogens is 991 g/mol. The highest BCUT2D eigenvalue weighted by atomic mass is 16.7. The van der Waals surface area contributed by atoms with Crippen molar-refractivity contribution in [3.63, 3.8) is 0 Å². The van der Waals surface area contributed by atoms with Crippen molar-refractivity contribution in [2.75, 3.05) is 19.8 Å². The summed E-state index contributed by atoms with van der Waals surface area (Å²) in [6, 6.07) is -0.836. The zero-order chi connectivity index (χ0) is 57.3. The lowest BCUT2D eigenvalue weighted by Crippen LogP contribution is -2.60. The summed E-state index contributed by atoms with van der Waals surface area (Å²) in [6.07, 6.45) is 63.7. The molecule has 7 atom stereocenters. The number of carbonyl (C=O) groups excluding carboxylic acids is 2. The molecule has 1 amide bonds. The Balaban J connectivity index is 2.02. The van der Waals surface area contributed by atoms with Gasteiger partial charge in [-0.15, -0.1) is 0 Å². The number of aliphatic hydroxyl groups excluding tert-OH is 5. The molecule has 11 heteroatoms. The monoisotopic (exact) mass is 1120 g/mol. The van der Waals surface area contributed by atoms with Crippen molar-refractivity contribution in [3.8, 4) is 0 Å². The zero-order valence-corrected chi connectivity index (χ0v) is 51.1. The molecule has 1 heterocycles. The number of hydrogen-bond acceptors (Lipinski definition) is 10. The number of allylic oxidation sites excluding steroid dienone is 7. The van der Waals surface area contributed by atoms with Gasteiger partial charge in [-0.1, -0.05) is 262 Å². The Morgan fingerprint density at radius 1 is 0.456 bits per heavy atom. The van der Waals surface area contributed by atoms with Crippen LogP contribution >= 0.6 is 0 Å². The van der Waals surface area contributed by atoms with Gasteiger partial charge in [-0.05, 0) is 83.5 Å². The Kier molecular flexibility index (Phi) is 54.3. The largest absolute Gasteiger partial charge is 0.466 e. The molecule has 0 saturated carbocycles. The predicted molar refractivity (Wildman–Crippen MR) is 329 cm³/mol. The average molecular weight is 1120 g/mol. The third kappa shape index (κ3) is 46.8. The molecule has 6 N–H and O–H groups in total. The SMILES string of the molecule is CCCCC/C=C/CC/C=C/CC/C=C/C(O)C(COC1OC(CO)C(O)C(O)C1O)NC(=O)CCCCCCCCCCCCC/C=C\CCCCCCCCCCCCCCOC(=O)CCCCCCCCCCCCC. The minimum atomic E-state index is -1.58. The lowest BCUT2D eigenvalue weighted by atomic mass is 9.99. The van der Waals surface area contributed by atoms with Gasteiger partial charge in [0.15, 0.2) is 6.29 Å². The van der Waals surface area contributed by atoms with Gasteiger partial charge in [0, 0.05) is 12.8 Å². The Morgan fingerprint density at radius 3 is 1.28 bits per heavy atom. The van der Waals surface area contributed by atoms with Crippen LogP contribution in [-0.2, 0) is 23.8 Å². The van der Waals surface area contributed by atoms with E-state index in [0.29, 0.717) is 19.4 Å². The van der Waals surface area contributed by atoms with E-state index in [0.717, 1.165) is 70.6 Å². The van der Waals surface area contributed by atoms with E-state index in [4.69, 9.17) is 14.2 Å². The molecule has 0 spiro atoms. The third-order valence-electron chi connectivity index (χ3n) is 15.6. The number of rotatable bonds is 58. The van der Waals surface area contributed by atoms with E-state index >= 15 is 0 Å². The summed E-state index contributed by atoms with van der Waals surface area (Å²) in [5, 5.41) is 54.4. The maximum atomic E-state index is 13.0. The van der Waals surface area contributed by atoms with Gasteiger partial charge in [0.1, 0.15) is 24.4 Å². The number of unbranched alkanes of at least 4 members (excludes halogenated alkanes) is 38. The fourth-order valence-corrected chi connectivity index (χ4v) is 10.3. The van der Waals surface area contributed by atoms with Gasteiger partial charge >= 0.3 is 5.97 Å². The number of aliphatic hydroxyl groups is 5. The zero-order valence-electron chi connectivity index (χ0n) is 51.1. The smallest absolute Gasteiger partial charge is 0.305 e. The van der Waals surface area contributed by atoms with Crippen LogP contribution in [0.4, 0.5) is 0 Å². The highest BCUT2D eigenvalue weighted by Gasteiger charge is 2.44. The van der Waals surface area contributed by atoms with Crippen LogP contribution in [0, 0.1) is 0 Å². The lowest BCUT2D eigenvalue weighted by Gasteiger charge is -2.40. The molecule has 1 fully saturated rings. The minimum absolute atomic E-state index is 0.00455. The molecule has 0 bridgehead atoms. The van der Waals surface area contributed by atoms with Gasteiger partial charge in [0.25, 0.3) is 0 Å². The molecule has 1 aliphatic heterocycles. The summed E-state index contributed by atoms with van der Waals surface area (Å²) >= 11 is 0. The van der Waals surface area contributed by atoms with Crippen LogP contribution < -0.4 is 5.32 Å². The fraction of sp³-hybridized carbons (Fsp3) is 0.853. The van der Waals surface area contributed by atoms with E-state index in [1.165, 1.54) is 212 Å². The molecule has 0 aromatic carbocycles.